The van der Waals surface area contributed by atoms with Crippen molar-refractivity contribution in [3.05, 3.63) is 26.4 Å². The summed E-state index contributed by atoms with van der Waals surface area (Å²) < 4.78 is 1.20. The summed E-state index contributed by atoms with van der Waals surface area (Å²) >= 11 is 8.96. The van der Waals surface area contributed by atoms with Crippen molar-refractivity contribution < 1.29 is 0 Å². The number of rotatable bonds is 3. The van der Waals surface area contributed by atoms with E-state index in [1.54, 1.807) is 5.57 Å². The molecule has 1 heterocycles. The zero-order chi connectivity index (χ0) is 11.4. The predicted molar refractivity (Wildman–Crippen MR) is 80.4 cm³/mol. The summed E-state index contributed by atoms with van der Waals surface area (Å²) in [6.07, 6.45) is 9.37. The van der Waals surface area contributed by atoms with E-state index in [-0.39, 0.29) is 0 Å². The smallest absolute Gasteiger partial charge is 0.0288 e. The molecule has 0 atom stereocenters. The van der Waals surface area contributed by atoms with Gasteiger partial charge in [-0.15, -0.1) is 11.3 Å². The van der Waals surface area contributed by atoms with Crippen LogP contribution < -0.4 is 0 Å². The first-order valence-electron chi connectivity index (χ1n) is 5.80. The second kappa shape index (κ2) is 6.36. The maximum atomic E-state index is 3.64. The van der Waals surface area contributed by atoms with E-state index in [2.05, 4.69) is 49.4 Å². The Balaban J connectivity index is 2.11. The number of hydrogen-bond donors (Lipinski definition) is 0. The van der Waals surface area contributed by atoms with Crippen molar-refractivity contribution in [2.45, 2.75) is 32.1 Å². The fourth-order valence-corrected chi connectivity index (χ4v) is 4.35. The van der Waals surface area contributed by atoms with Gasteiger partial charge in [0.25, 0.3) is 0 Å². The minimum Gasteiger partial charge on any atom is -0.143 e. The highest BCUT2D eigenvalue weighted by molar-refractivity contribution is 9.10. The van der Waals surface area contributed by atoms with Gasteiger partial charge >= 0.3 is 0 Å². The Morgan fingerprint density at radius 3 is 2.69 bits per heavy atom. The number of halogens is 2. The summed E-state index contributed by atoms with van der Waals surface area (Å²) in [5, 5.41) is 3.17. The highest BCUT2D eigenvalue weighted by Gasteiger charge is 2.17. The quantitative estimate of drug-likeness (QED) is 0.589. The first-order valence-corrected chi connectivity index (χ1v) is 8.59. The average molecular weight is 364 g/mol. The van der Waals surface area contributed by atoms with Crippen molar-refractivity contribution in [3.63, 3.8) is 0 Å². The molecule has 1 aromatic heterocycles. The lowest BCUT2D eigenvalue weighted by molar-refractivity contribution is 0.406. The summed E-state index contributed by atoms with van der Waals surface area (Å²) in [4.78, 5) is 1.37. The van der Waals surface area contributed by atoms with Gasteiger partial charge in [0.15, 0.2) is 0 Å². The molecule has 0 bridgehead atoms. The third-order valence-electron chi connectivity index (χ3n) is 3.20. The number of allylic oxidation sites excluding steroid dienone is 1. The second-order valence-electron chi connectivity index (χ2n) is 4.36. The molecule has 88 valence electrons. The average Bonchev–Trinajstić information content (AvgIpc) is 2.73. The molecule has 0 N–H and O–H groups in total. The molecule has 1 aliphatic carbocycles. The number of alkyl halides is 1. The van der Waals surface area contributed by atoms with Gasteiger partial charge in [-0.2, -0.15) is 0 Å². The summed E-state index contributed by atoms with van der Waals surface area (Å²) in [6.45, 7) is 0. The Morgan fingerprint density at radius 1 is 1.38 bits per heavy atom. The van der Waals surface area contributed by atoms with Crippen LogP contribution in [0.5, 0.6) is 0 Å². The zero-order valence-corrected chi connectivity index (χ0v) is 13.2. The van der Waals surface area contributed by atoms with Crippen molar-refractivity contribution in [1.29, 1.82) is 0 Å². The van der Waals surface area contributed by atoms with Crippen LogP contribution in [0.1, 0.15) is 37.0 Å². The molecule has 0 aromatic carbocycles. The molecule has 16 heavy (non-hydrogen) atoms. The van der Waals surface area contributed by atoms with Gasteiger partial charge in [0.2, 0.25) is 0 Å². The van der Waals surface area contributed by atoms with Gasteiger partial charge in [-0.25, -0.2) is 0 Å². The Hall–Kier alpha value is 0.400. The molecular formula is C13H16Br2S. The maximum absolute atomic E-state index is 3.64. The second-order valence-corrected chi connectivity index (χ2v) is 6.77. The summed E-state index contributed by atoms with van der Waals surface area (Å²) in [7, 11) is 0. The number of hydrogen-bond acceptors (Lipinski definition) is 1. The minimum atomic E-state index is 0.814. The number of thiophene rings is 1. The van der Waals surface area contributed by atoms with Crippen LogP contribution in [0.3, 0.4) is 0 Å². The van der Waals surface area contributed by atoms with Gasteiger partial charge in [0, 0.05) is 20.1 Å². The molecule has 1 fully saturated rings. The molecule has 1 aromatic rings. The van der Waals surface area contributed by atoms with Crippen LogP contribution in [0.15, 0.2) is 21.5 Å². The van der Waals surface area contributed by atoms with Gasteiger partial charge in [-0.1, -0.05) is 40.8 Å². The maximum Gasteiger partial charge on any atom is 0.0288 e. The van der Waals surface area contributed by atoms with Gasteiger partial charge in [-0.3, -0.25) is 0 Å². The lowest BCUT2D eigenvalue weighted by Gasteiger charge is -2.23. The van der Waals surface area contributed by atoms with Gasteiger partial charge in [0.05, 0.1) is 0 Å². The van der Waals surface area contributed by atoms with E-state index in [0.29, 0.717) is 0 Å². The Bertz CT molecular complexity index is 362. The summed E-state index contributed by atoms with van der Waals surface area (Å²) in [6, 6.07) is 2.20. The van der Waals surface area contributed by atoms with Crippen LogP contribution in [0.4, 0.5) is 0 Å². The summed E-state index contributed by atoms with van der Waals surface area (Å²) in [5.41, 5.74) is 1.58. The third kappa shape index (κ3) is 3.44. The van der Waals surface area contributed by atoms with Crippen LogP contribution in [-0.2, 0) is 0 Å². The Labute approximate surface area is 118 Å². The van der Waals surface area contributed by atoms with Crippen LogP contribution in [0.25, 0.3) is 6.08 Å². The standard InChI is InChI=1S/C13H16Br2S/c14-8-11(10-4-2-1-3-5-10)6-13-7-12(15)9-16-13/h6-7,9-10H,1-5,8H2. The van der Waals surface area contributed by atoms with Gasteiger partial charge < -0.3 is 0 Å². The Kier molecular flexibility index (Phi) is 5.11. The lowest BCUT2D eigenvalue weighted by atomic mass is 9.84. The van der Waals surface area contributed by atoms with Crippen LogP contribution in [0.2, 0.25) is 0 Å². The van der Waals surface area contributed by atoms with E-state index in [0.717, 1.165) is 11.2 Å². The predicted octanol–water partition coefficient (Wildman–Crippen LogP) is 5.87. The fraction of sp³-hybridized carbons (Fsp3) is 0.538. The highest BCUT2D eigenvalue weighted by atomic mass is 79.9. The molecule has 0 aliphatic heterocycles. The highest BCUT2D eigenvalue weighted by Crippen LogP contribution is 2.33. The first-order chi connectivity index (χ1) is 7.79. The molecule has 0 nitrogen and oxygen atoms in total. The van der Waals surface area contributed by atoms with E-state index in [9.17, 15) is 0 Å². The summed E-state index contributed by atoms with van der Waals surface area (Å²) in [5.74, 6) is 0.814. The van der Waals surface area contributed by atoms with E-state index < -0.39 is 0 Å². The molecule has 0 amide bonds. The molecule has 0 unspecified atom stereocenters. The van der Waals surface area contributed by atoms with Crippen LogP contribution >= 0.6 is 43.2 Å². The topological polar surface area (TPSA) is 0 Å². The molecule has 1 saturated carbocycles. The molecule has 0 saturated heterocycles. The molecule has 0 spiro atoms. The zero-order valence-electron chi connectivity index (χ0n) is 9.22. The SMILES string of the molecule is BrCC(=Cc1cc(Br)cs1)C1CCCCC1. The molecule has 0 radical (unpaired) electrons. The molecule has 3 heteroatoms. The van der Waals surface area contributed by atoms with E-state index in [4.69, 9.17) is 0 Å². The van der Waals surface area contributed by atoms with Gasteiger partial charge in [-0.05, 0) is 46.8 Å². The van der Waals surface area contributed by atoms with E-state index in [1.807, 2.05) is 11.3 Å². The van der Waals surface area contributed by atoms with Crippen molar-refractivity contribution in [1.82, 2.24) is 0 Å². The van der Waals surface area contributed by atoms with Gasteiger partial charge in [0.1, 0.15) is 0 Å². The lowest BCUT2D eigenvalue weighted by Crippen LogP contribution is -2.09. The molecular weight excluding hydrogens is 348 g/mol. The fourth-order valence-electron chi connectivity index (χ4n) is 2.33. The minimum absolute atomic E-state index is 0.814. The van der Waals surface area contributed by atoms with Crippen molar-refractivity contribution in [3.8, 4) is 0 Å². The third-order valence-corrected chi connectivity index (χ3v) is 5.49. The van der Waals surface area contributed by atoms with Crippen molar-refractivity contribution >= 4 is 49.3 Å². The van der Waals surface area contributed by atoms with Crippen molar-refractivity contribution in [2.75, 3.05) is 5.33 Å². The molecule has 1 aliphatic rings. The molecule has 2 rings (SSSR count). The largest absolute Gasteiger partial charge is 0.143 e. The Morgan fingerprint density at radius 2 is 2.12 bits per heavy atom. The monoisotopic (exact) mass is 362 g/mol. The van der Waals surface area contributed by atoms with Crippen molar-refractivity contribution in [2.24, 2.45) is 5.92 Å². The normalized spacial score (nSPS) is 19.0. The van der Waals surface area contributed by atoms with E-state index >= 15 is 0 Å². The van der Waals surface area contributed by atoms with Crippen LogP contribution in [0, 0.1) is 5.92 Å². The van der Waals surface area contributed by atoms with Crippen LogP contribution in [-0.4, -0.2) is 5.33 Å². The first kappa shape index (κ1) is 12.8. The van der Waals surface area contributed by atoms with E-state index in [1.165, 1.54) is 41.5 Å².